The minimum atomic E-state index is -0.718. The third-order valence-electron chi connectivity index (χ3n) is 4.88. The summed E-state index contributed by atoms with van der Waals surface area (Å²) >= 11 is 5.83. The molecule has 4 aromatic rings. The van der Waals surface area contributed by atoms with Gasteiger partial charge in [-0.05, 0) is 42.5 Å². The molecule has 2 heterocycles. The molecular weight excluding hydrogens is 440 g/mol. The minimum absolute atomic E-state index is 0.0325. The van der Waals surface area contributed by atoms with Crippen LogP contribution in [-0.4, -0.2) is 34.2 Å². The summed E-state index contributed by atoms with van der Waals surface area (Å²) in [4.78, 5) is 20.8. The average molecular weight is 458 g/mol. The fourth-order valence-electron chi connectivity index (χ4n) is 3.23. The molecule has 164 valence electrons. The summed E-state index contributed by atoms with van der Waals surface area (Å²) in [5.74, 6) is -2.08. The van der Waals surface area contributed by atoms with Crippen LogP contribution in [-0.2, 0) is 22.6 Å². The van der Waals surface area contributed by atoms with Crippen LogP contribution in [0.25, 0.3) is 22.3 Å². The Hall–Kier alpha value is -3.36. The van der Waals surface area contributed by atoms with Crippen LogP contribution in [0.1, 0.15) is 15.9 Å². The number of halogens is 3. The molecule has 0 bridgehead atoms. The molecule has 4 rings (SSSR count). The largest absolute Gasteiger partial charge is 0.457 e. The van der Waals surface area contributed by atoms with Gasteiger partial charge in [0.15, 0.2) is 0 Å². The molecule has 0 saturated carbocycles. The molecule has 0 aliphatic heterocycles. The Morgan fingerprint density at radius 3 is 2.75 bits per heavy atom. The number of esters is 1. The highest BCUT2D eigenvalue weighted by Gasteiger charge is 2.16. The summed E-state index contributed by atoms with van der Waals surface area (Å²) in [5.41, 5.74) is 1.82. The van der Waals surface area contributed by atoms with Gasteiger partial charge in [-0.2, -0.15) is 0 Å². The van der Waals surface area contributed by atoms with Crippen molar-refractivity contribution in [3.05, 3.63) is 82.8 Å². The maximum absolute atomic E-state index is 14.6. The predicted octanol–water partition coefficient (Wildman–Crippen LogP) is 5.03. The molecule has 6 nitrogen and oxygen atoms in total. The van der Waals surface area contributed by atoms with Crippen molar-refractivity contribution in [2.45, 2.75) is 13.2 Å². The van der Waals surface area contributed by atoms with Crippen LogP contribution in [0.15, 0.2) is 54.9 Å². The van der Waals surface area contributed by atoms with Crippen molar-refractivity contribution in [1.29, 1.82) is 0 Å². The van der Waals surface area contributed by atoms with Crippen LogP contribution in [0.2, 0.25) is 5.15 Å². The maximum Gasteiger partial charge on any atom is 0.338 e. The van der Waals surface area contributed by atoms with Gasteiger partial charge in [0, 0.05) is 24.8 Å². The zero-order valence-electron chi connectivity index (χ0n) is 17.0. The van der Waals surface area contributed by atoms with Crippen LogP contribution >= 0.6 is 11.6 Å². The average Bonchev–Trinajstić information content (AvgIpc) is 3.19. The number of nitrogens with zero attached hydrogens (tertiary/aromatic N) is 3. The van der Waals surface area contributed by atoms with Crippen molar-refractivity contribution in [3.63, 3.8) is 0 Å². The van der Waals surface area contributed by atoms with Gasteiger partial charge in [-0.25, -0.2) is 23.5 Å². The van der Waals surface area contributed by atoms with E-state index in [-0.39, 0.29) is 27.5 Å². The lowest BCUT2D eigenvalue weighted by molar-refractivity contribution is 0.0468. The number of carbonyl (C=O) groups excluding carboxylic acids is 1. The number of fused-ring (bicyclic) bond motifs is 1. The van der Waals surface area contributed by atoms with Gasteiger partial charge in [-0.3, -0.25) is 0 Å². The van der Waals surface area contributed by atoms with Crippen LogP contribution in [0, 0.1) is 11.6 Å². The molecule has 32 heavy (non-hydrogen) atoms. The van der Waals surface area contributed by atoms with Crippen molar-refractivity contribution < 1.29 is 23.0 Å². The van der Waals surface area contributed by atoms with Crippen LogP contribution in [0.4, 0.5) is 8.78 Å². The van der Waals surface area contributed by atoms with Crippen molar-refractivity contribution in [2.75, 3.05) is 13.7 Å². The smallest absolute Gasteiger partial charge is 0.338 e. The topological polar surface area (TPSA) is 66.2 Å². The van der Waals surface area contributed by atoms with E-state index in [0.717, 1.165) is 23.2 Å². The molecule has 0 aliphatic rings. The van der Waals surface area contributed by atoms with Crippen LogP contribution in [0.3, 0.4) is 0 Å². The molecule has 0 aliphatic carbocycles. The van der Waals surface area contributed by atoms with E-state index in [1.54, 1.807) is 37.7 Å². The number of methoxy groups -OCH3 is 1. The number of hydrogen-bond acceptors (Lipinski definition) is 5. The van der Waals surface area contributed by atoms with E-state index in [9.17, 15) is 13.6 Å². The Kier molecular flexibility index (Phi) is 6.43. The third kappa shape index (κ3) is 4.61. The van der Waals surface area contributed by atoms with Gasteiger partial charge in [0.25, 0.3) is 0 Å². The summed E-state index contributed by atoms with van der Waals surface area (Å²) in [6.45, 7) is 0.640. The van der Waals surface area contributed by atoms with E-state index in [1.807, 2.05) is 4.57 Å². The molecular formula is C23H18ClF2N3O3. The first kappa shape index (κ1) is 21.9. The van der Waals surface area contributed by atoms with Gasteiger partial charge in [-0.1, -0.05) is 17.7 Å². The number of aromatic nitrogens is 3. The second-order valence-electron chi connectivity index (χ2n) is 6.98. The summed E-state index contributed by atoms with van der Waals surface area (Å²) < 4.78 is 41.3. The molecule has 2 aromatic carbocycles. The summed E-state index contributed by atoms with van der Waals surface area (Å²) in [7, 11) is 1.60. The molecule has 2 aromatic heterocycles. The van der Waals surface area contributed by atoms with Gasteiger partial charge >= 0.3 is 5.97 Å². The first-order valence-corrected chi connectivity index (χ1v) is 10.1. The van der Waals surface area contributed by atoms with E-state index in [0.29, 0.717) is 13.2 Å². The summed E-state index contributed by atoms with van der Waals surface area (Å²) in [6.07, 6.45) is 1.66. The number of ether oxygens (including phenoxy) is 2. The van der Waals surface area contributed by atoms with E-state index < -0.39 is 24.2 Å². The molecule has 0 radical (unpaired) electrons. The van der Waals surface area contributed by atoms with Crippen molar-refractivity contribution in [3.8, 4) is 11.3 Å². The zero-order chi connectivity index (χ0) is 22.7. The number of carbonyl (C=O) groups is 1. The normalized spacial score (nSPS) is 11.1. The summed E-state index contributed by atoms with van der Waals surface area (Å²) in [5, 5.41) is 0.167. The number of imidazole rings is 1. The Morgan fingerprint density at radius 1 is 1.12 bits per heavy atom. The Bertz CT molecular complexity index is 1290. The first-order valence-electron chi connectivity index (χ1n) is 9.68. The SMILES string of the molecule is COCCn1cnc2ccc(C(=O)OCc3cc(F)c(-c4cccc(Cl)n4)cc3F)cc21. The van der Waals surface area contributed by atoms with Crippen molar-refractivity contribution >= 4 is 28.6 Å². The first-order chi connectivity index (χ1) is 15.5. The fraction of sp³-hybridized carbons (Fsp3) is 0.174. The van der Waals surface area contributed by atoms with Crippen molar-refractivity contribution in [2.24, 2.45) is 0 Å². The van der Waals surface area contributed by atoms with E-state index in [2.05, 4.69) is 9.97 Å². The van der Waals surface area contributed by atoms with Gasteiger partial charge in [0.05, 0.1) is 35.2 Å². The van der Waals surface area contributed by atoms with Crippen LogP contribution < -0.4 is 0 Å². The highest BCUT2D eigenvalue weighted by Crippen LogP contribution is 2.26. The lowest BCUT2D eigenvalue weighted by Gasteiger charge is -2.10. The van der Waals surface area contributed by atoms with E-state index >= 15 is 0 Å². The Balaban J connectivity index is 1.51. The molecule has 0 atom stereocenters. The van der Waals surface area contributed by atoms with Gasteiger partial charge < -0.3 is 14.0 Å². The molecule has 0 fully saturated rings. The van der Waals surface area contributed by atoms with Gasteiger partial charge in [0.1, 0.15) is 23.4 Å². The number of rotatable bonds is 7. The molecule has 0 spiro atoms. The molecule has 0 saturated heterocycles. The second-order valence-corrected chi connectivity index (χ2v) is 7.37. The minimum Gasteiger partial charge on any atom is -0.457 e. The maximum atomic E-state index is 14.6. The second kappa shape index (κ2) is 9.42. The lowest BCUT2D eigenvalue weighted by Crippen LogP contribution is -2.08. The van der Waals surface area contributed by atoms with E-state index in [1.165, 1.54) is 12.1 Å². The Morgan fingerprint density at radius 2 is 1.97 bits per heavy atom. The summed E-state index contributed by atoms with van der Waals surface area (Å²) in [6, 6.07) is 11.6. The quantitative estimate of drug-likeness (QED) is 0.287. The standard InChI is InChI=1S/C23H18ClF2N3O3/c1-31-8-7-29-13-27-20-6-5-14(10-21(20)29)23(30)32-12-15-9-18(26)16(11-17(15)25)19-3-2-4-22(24)28-19/h2-6,9-11,13H,7-8,12H2,1H3. The molecule has 0 amide bonds. The van der Waals surface area contributed by atoms with E-state index in [4.69, 9.17) is 21.1 Å². The fourth-order valence-corrected chi connectivity index (χ4v) is 3.40. The lowest BCUT2D eigenvalue weighted by atomic mass is 10.1. The highest BCUT2D eigenvalue weighted by atomic mass is 35.5. The third-order valence-corrected chi connectivity index (χ3v) is 5.09. The molecule has 9 heteroatoms. The molecule has 0 N–H and O–H groups in total. The monoisotopic (exact) mass is 457 g/mol. The van der Waals surface area contributed by atoms with Crippen molar-refractivity contribution in [1.82, 2.24) is 14.5 Å². The van der Waals surface area contributed by atoms with Gasteiger partial charge in [-0.15, -0.1) is 0 Å². The number of pyridine rings is 1. The predicted molar refractivity (Wildman–Crippen MR) is 115 cm³/mol. The molecule has 0 unspecified atom stereocenters. The number of benzene rings is 2. The zero-order valence-corrected chi connectivity index (χ0v) is 17.8. The number of hydrogen-bond donors (Lipinski definition) is 0. The van der Waals surface area contributed by atoms with Crippen LogP contribution in [0.5, 0.6) is 0 Å². The highest BCUT2D eigenvalue weighted by molar-refractivity contribution is 6.29. The Labute approximate surface area is 187 Å². The van der Waals surface area contributed by atoms with Gasteiger partial charge in [0.2, 0.25) is 0 Å².